The molecule has 0 aliphatic rings. The summed E-state index contributed by atoms with van der Waals surface area (Å²) in [5.74, 6) is -2.56. The first-order valence-electron chi connectivity index (χ1n) is 8.45. The highest BCUT2D eigenvalue weighted by molar-refractivity contribution is 8.14. The third-order valence-corrected chi connectivity index (χ3v) is 5.76. The first kappa shape index (κ1) is 24.9. The number of carboxylic acids is 1. The molecule has 0 fully saturated rings. The monoisotopic (exact) mass is 489 g/mol. The minimum absolute atomic E-state index is 0.0882. The third kappa shape index (κ3) is 8.07. The maximum atomic E-state index is 12.4. The Bertz CT molecular complexity index is 1130. The summed E-state index contributed by atoms with van der Waals surface area (Å²) in [4.78, 5) is 33.6. The zero-order valence-corrected chi connectivity index (χ0v) is 17.5. The number of carboxylic acid groups (broad SMARTS) is 1. The molecule has 32 heavy (non-hydrogen) atoms. The molecule has 0 atom stereocenters. The van der Waals surface area contributed by atoms with Crippen molar-refractivity contribution < 1.29 is 45.8 Å². The molecule has 0 spiro atoms. The van der Waals surface area contributed by atoms with Gasteiger partial charge in [0.1, 0.15) is 5.75 Å². The van der Waals surface area contributed by atoms with Gasteiger partial charge in [-0.1, -0.05) is 11.8 Å². The predicted molar refractivity (Wildman–Crippen MR) is 109 cm³/mol. The Labute approximate surface area is 184 Å². The highest BCUT2D eigenvalue weighted by Crippen LogP contribution is 2.25. The van der Waals surface area contributed by atoms with Crippen molar-refractivity contribution >= 4 is 44.3 Å². The molecule has 0 aromatic heterocycles. The molecule has 2 N–H and O–H groups in total. The lowest BCUT2D eigenvalue weighted by Crippen LogP contribution is -2.17. The van der Waals surface area contributed by atoms with Crippen molar-refractivity contribution in [3.8, 4) is 5.75 Å². The van der Waals surface area contributed by atoms with Crippen LogP contribution in [-0.4, -0.2) is 42.5 Å². The number of benzene rings is 2. The Kier molecular flexibility index (Phi) is 8.05. The van der Waals surface area contributed by atoms with E-state index in [1.807, 2.05) is 0 Å². The van der Waals surface area contributed by atoms with Crippen molar-refractivity contribution in [2.45, 2.75) is 11.3 Å². The smallest absolute Gasteiger partial charge is 0.478 e. The van der Waals surface area contributed by atoms with Crippen molar-refractivity contribution in [1.29, 1.82) is 0 Å². The van der Waals surface area contributed by atoms with Crippen LogP contribution in [0.4, 0.5) is 18.9 Å². The van der Waals surface area contributed by atoms with Gasteiger partial charge < -0.3 is 9.84 Å². The van der Waals surface area contributed by atoms with Crippen molar-refractivity contribution in [3.05, 3.63) is 66.2 Å². The number of sulfonamides is 1. The molecule has 0 aliphatic carbocycles. The van der Waals surface area contributed by atoms with Crippen LogP contribution in [0.25, 0.3) is 0 Å². The van der Waals surface area contributed by atoms with Crippen LogP contribution in [0.15, 0.2) is 65.6 Å². The number of carbonyl (C=O) groups is 3. The quantitative estimate of drug-likeness (QED) is 0.405. The SMILES string of the molecule is O=C(O)C=CC(=O)SCC(=O)c1ccc(NS(=O)(=O)c2ccc(OC(F)(F)F)cc2)cc1. The van der Waals surface area contributed by atoms with E-state index in [9.17, 15) is 36.0 Å². The highest BCUT2D eigenvalue weighted by Gasteiger charge is 2.31. The maximum absolute atomic E-state index is 12.4. The molecule has 13 heteroatoms. The van der Waals surface area contributed by atoms with Gasteiger partial charge in [-0.15, -0.1) is 13.2 Å². The summed E-state index contributed by atoms with van der Waals surface area (Å²) >= 11 is 0.607. The number of alkyl halides is 3. The van der Waals surface area contributed by atoms with E-state index in [-0.39, 0.29) is 21.9 Å². The van der Waals surface area contributed by atoms with Crippen molar-refractivity contribution in [1.82, 2.24) is 0 Å². The summed E-state index contributed by atoms with van der Waals surface area (Å²) in [6.45, 7) is 0. The number of ketones is 1. The zero-order valence-electron chi connectivity index (χ0n) is 15.8. The Balaban J connectivity index is 1.99. The van der Waals surface area contributed by atoms with E-state index in [4.69, 9.17) is 5.11 Å². The van der Waals surface area contributed by atoms with E-state index in [1.165, 1.54) is 24.3 Å². The number of nitrogens with one attached hydrogen (secondary N) is 1. The van der Waals surface area contributed by atoms with E-state index >= 15 is 0 Å². The molecule has 2 rings (SSSR count). The molecule has 0 heterocycles. The first-order valence-corrected chi connectivity index (χ1v) is 10.9. The normalized spacial score (nSPS) is 11.8. The number of anilines is 1. The van der Waals surface area contributed by atoms with Crippen LogP contribution in [0.3, 0.4) is 0 Å². The van der Waals surface area contributed by atoms with Crippen LogP contribution in [0, 0.1) is 0 Å². The van der Waals surface area contributed by atoms with Gasteiger partial charge in [0.05, 0.1) is 10.6 Å². The second-order valence-electron chi connectivity index (χ2n) is 5.90. The zero-order chi connectivity index (χ0) is 23.9. The molecule has 170 valence electrons. The van der Waals surface area contributed by atoms with Gasteiger partial charge in [0, 0.05) is 17.3 Å². The second kappa shape index (κ2) is 10.3. The fourth-order valence-electron chi connectivity index (χ4n) is 2.17. The van der Waals surface area contributed by atoms with Crippen LogP contribution < -0.4 is 9.46 Å². The topological polar surface area (TPSA) is 127 Å². The molecule has 0 amide bonds. The summed E-state index contributed by atoms with van der Waals surface area (Å²) in [7, 11) is -4.12. The van der Waals surface area contributed by atoms with Crippen LogP contribution in [0.2, 0.25) is 0 Å². The number of halogens is 3. The Morgan fingerprint density at radius 1 is 1.00 bits per heavy atom. The van der Waals surface area contributed by atoms with Gasteiger partial charge in [-0.05, 0) is 54.6 Å². The molecule has 0 saturated carbocycles. The fourth-order valence-corrected chi connectivity index (χ4v) is 3.83. The average Bonchev–Trinajstić information content (AvgIpc) is 2.70. The van der Waals surface area contributed by atoms with Gasteiger partial charge in [-0.2, -0.15) is 0 Å². The van der Waals surface area contributed by atoms with E-state index < -0.39 is 39.0 Å². The molecule has 2 aromatic rings. The van der Waals surface area contributed by atoms with Crippen LogP contribution in [0.1, 0.15) is 10.4 Å². The van der Waals surface area contributed by atoms with E-state index in [1.54, 1.807) is 0 Å². The lowest BCUT2D eigenvalue weighted by molar-refractivity contribution is -0.274. The summed E-state index contributed by atoms with van der Waals surface area (Å²) in [5, 5.41) is 7.83. The fraction of sp³-hybridized carbons (Fsp3) is 0.105. The van der Waals surface area contributed by atoms with Crippen LogP contribution >= 0.6 is 11.8 Å². The predicted octanol–water partition coefficient (Wildman–Crippen LogP) is 3.47. The molecular formula is C19H14F3NO7S2. The molecule has 0 aliphatic heterocycles. The second-order valence-corrected chi connectivity index (χ2v) is 8.57. The van der Waals surface area contributed by atoms with Crippen molar-refractivity contribution in [2.24, 2.45) is 0 Å². The lowest BCUT2D eigenvalue weighted by atomic mass is 10.1. The van der Waals surface area contributed by atoms with E-state index in [2.05, 4.69) is 9.46 Å². The third-order valence-electron chi connectivity index (χ3n) is 3.53. The molecule has 0 radical (unpaired) electrons. The minimum Gasteiger partial charge on any atom is -0.478 e. The number of hydrogen-bond donors (Lipinski definition) is 2. The van der Waals surface area contributed by atoms with Crippen molar-refractivity contribution in [3.63, 3.8) is 0 Å². The van der Waals surface area contributed by atoms with Crippen LogP contribution in [0.5, 0.6) is 5.75 Å². The summed E-state index contributed by atoms with van der Waals surface area (Å²) < 4.78 is 67.2. The van der Waals surface area contributed by atoms with E-state index in [0.29, 0.717) is 17.8 Å². The van der Waals surface area contributed by atoms with Crippen molar-refractivity contribution in [2.75, 3.05) is 10.5 Å². The molecule has 0 saturated heterocycles. The van der Waals surface area contributed by atoms with E-state index in [0.717, 1.165) is 30.3 Å². The Morgan fingerprint density at radius 2 is 1.59 bits per heavy atom. The molecule has 0 bridgehead atoms. The number of Topliss-reactive ketones (excluding diaryl/α,β-unsaturated/α-hetero) is 1. The van der Waals surface area contributed by atoms with Crippen LogP contribution in [-0.2, 0) is 19.6 Å². The number of carbonyl (C=O) groups excluding carboxylic acids is 2. The molecular weight excluding hydrogens is 475 g/mol. The summed E-state index contributed by atoms with van der Waals surface area (Å²) in [6, 6.07) is 8.81. The summed E-state index contributed by atoms with van der Waals surface area (Å²) in [5.41, 5.74) is 0.273. The van der Waals surface area contributed by atoms with Gasteiger partial charge in [0.15, 0.2) is 5.78 Å². The van der Waals surface area contributed by atoms with Gasteiger partial charge in [-0.3, -0.25) is 14.3 Å². The number of aliphatic carboxylic acids is 1. The largest absolute Gasteiger partial charge is 0.573 e. The van der Waals surface area contributed by atoms with Gasteiger partial charge >= 0.3 is 12.3 Å². The van der Waals surface area contributed by atoms with Gasteiger partial charge in [-0.25, -0.2) is 13.2 Å². The lowest BCUT2D eigenvalue weighted by Gasteiger charge is -2.11. The number of ether oxygens (including phenoxy) is 1. The first-order chi connectivity index (χ1) is 14.9. The van der Waals surface area contributed by atoms with Gasteiger partial charge in [0.25, 0.3) is 10.0 Å². The van der Waals surface area contributed by atoms with Gasteiger partial charge in [0.2, 0.25) is 5.12 Å². The number of thioether (sulfide) groups is 1. The highest BCUT2D eigenvalue weighted by atomic mass is 32.2. The standard InChI is InChI=1S/C19H14F3NO7S2/c20-19(21,22)30-14-5-7-15(8-6-14)32(28,29)23-13-3-1-12(2-4-13)16(24)11-31-18(27)10-9-17(25)26/h1-10,23H,11H2,(H,25,26). The maximum Gasteiger partial charge on any atom is 0.573 e. The summed E-state index contributed by atoms with van der Waals surface area (Å²) in [6.07, 6.45) is -3.43. The minimum atomic E-state index is -4.90. The molecule has 2 aromatic carbocycles. The number of hydrogen-bond acceptors (Lipinski definition) is 7. The average molecular weight is 489 g/mol. The Hall–Kier alpha value is -3.32. The molecule has 0 unspecified atom stereocenters. The Morgan fingerprint density at radius 3 is 2.12 bits per heavy atom. The molecule has 8 nitrogen and oxygen atoms in total. The number of rotatable bonds is 9.